The van der Waals surface area contributed by atoms with E-state index in [0.29, 0.717) is 5.75 Å². The predicted octanol–water partition coefficient (Wildman–Crippen LogP) is 3.74. The molecule has 2 nitrogen and oxygen atoms in total. The Hall–Kier alpha value is -1.56. The van der Waals surface area contributed by atoms with Crippen molar-refractivity contribution in [3.8, 4) is 5.75 Å². The van der Waals surface area contributed by atoms with Gasteiger partial charge < -0.3 is 4.74 Å². The van der Waals surface area contributed by atoms with Crippen LogP contribution in [-0.4, -0.2) is 4.98 Å². The highest BCUT2D eigenvalue weighted by atomic mass is 32.1. The summed E-state index contributed by atoms with van der Waals surface area (Å²) in [5.74, 6) is 0.396. The number of halogens is 3. The van der Waals surface area contributed by atoms with Crippen molar-refractivity contribution in [1.82, 2.24) is 4.98 Å². The van der Waals surface area contributed by atoms with Gasteiger partial charge in [0.15, 0.2) is 0 Å². The van der Waals surface area contributed by atoms with E-state index >= 15 is 0 Å². The third-order valence-electron chi connectivity index (χ3n) is 2.03. The molecule has 2 aromatic rings. The maximum absolute atomic E-state index is 12.3. The van der Waals surface area contributed by atoms with Crippen LogP contribution in [0.2, 0.25) is 0 Å². The summed E-state index contributed by atoms with van der Waals surface area (Å²) in [7, 11) is 0. The first-order valence-electron chi connectivity index (χ1n) is 4.74. The number of aromatic nitrogens is 1. The number of thiazole rings is 1. The molecule has 0 aliphatic carbocycles. The molecule has 0 saturated carbocycles. The molecule has 90 valence electrons. The van der Waals surface area contributed by atoms with Crippen molar-refractivity contribution in [3.05, 3.63) is 46.4 Å². The molecule has 0 spiro atoms. The zero-order valence-electron chi connectivity index (χ0n) is 8.57. The number of benzene rings is 1. The van der Waals surface area contributed by atoms with Gasteiger partial charge in [0.05, 0.1) is 5.56 Å². The van der Waals surface area contributed by atoms with Gasteiger partial charge >= 0.3 is 6.18 Å². The van der Waals surface area contributed by atoms with Crippen LogP contribution in [0, 0.1) is 0 Å². The van der Waals surface area contributed by atoms with Crippen molar-refractivity contribution in [2.24, 2.45) is 0 Å². The fourth-order valence-electron chi connectivity index (χ4n) is 1.21. The zero-order valence-corrected chi connectivity index (χ0v) is 9.39. The van der Waals surface area contributed by atoms with Crippen molar-refractivity contribution in [2.45, 2.75) is 12.8 Å². The number of hydrogen-bond donors (Lipinski definition) is 0. The fraction of sp³-hybridized carbons (Fsp3) is 0.182. The second-order valence-electron chi connectivity index (χ2n) is 3.24. The van der Waals surface area contributed by atoms with Crippen LogP contribution in [0.5, 0.6) is 5.75 Å². The third-order valence-corrected chi connectivity index (χ3v) is 2.78. The molecule has 1 aromatic heterocycles. The van der Waals surface area contributed by atoms with Crippen molar-refractivity contribution < 1.29 is 17.9 Å². The number of nitrogens with zero attached hydrogens (tertiary/aromatic N) is 1. The summed E-state index contributed by atoms with van der Waals surface area (Å²) in [5, 5.41) is 2.59. The lowest BCUT2D eigenvalue weighted by molar-refractivity contribution is -0.137. The summed E-state index contributed by atoms with van der Waals surface area (Å²) in [4.78, 5) is 4.00. The molecule has 0 aliphatic rings. The van der Waals surface area contributed by atoms with Crippen LogP contribution in [0.3, 0.4) is 0 Å². The second-order valence-corrected chi connectivity index (χ2v) is 4.22. The normalized spacial score (nSPS) is 11.5. The number of rotatable bonds is 3. The van der Waals surface area contributed by atoms with Crippen LogP contribution in [0.4, 0.5) is 13.2 Å². The average molecular weight is 259 g/mol. The highest BCUT2D eigenvalue weighted by molar-refractivity contribution is 7.09. The summed E-state index contributed by atoms with van der Waals surface area (Å²) in [6.07, 6.45) is -2.66. The molecule has 17 heavy (non-hydrogen) atoms. The van der Waals surface area contributed by atoms with Gasteiger partial charge in [-0.15, -0.1) is 11.3 Å². The number of alkyl halides is 3. The van der Waals surface area contributed by atoms with E-state index in [0.717, 1.165) is 17.1 Å². The fourth-order valence-corrected chi connectivity index (χ4v) is 1.74. The molecule has 0 fully saturated rings. The van der Waals surface area contributed by atoms with Crippen molar-refractivity contribution >= 4 is 11.3 Å². The molecule has 0 aliphatic heterocycles. The minimum atomic E-state index is -4.31. The van der Waals surface area contributed by atoms with Gasteiger partial charge in [-0.3, -0.25) is 0 Å². The van der Waals surface area contributed by atoms with E-state index in [1.165, 1.54) is 23.5 Å². The molecule has 0 amide bonds. The van der Waals surface area contributed by atoms with E-state index in [9.17, 15) is 13.2 Å². The molecular weight excluding hydrogens is 251 g/mol. The molecule has 2 rings (SSSR count). The molecule has 0 bridgehead atoms. The van der Waals surface area contributed by atoms with E-state index < -0.39 is 11.7 Å². The Kier molecular flexibility index (Phi) is 3.33. The Morgan fingerprint density at radius 1 is 1.18 bits per heavy atom. The molecule has 0 N–H and O–H groups in total. The van der Waals surface area contributed by atoms with Gasteiger partial charge in [-0.05, 0) is 24.3 Å². The predicted molar refractivity (Wildman–Crippen MR) is 57.9 cm³/mol. The van der Waals surface area contributed by atoms with E-state index in [4.69, 9.17) is 4.74 Å². The Morgan fingerprint density at radius 3 is 2.41 bits per heavy atom. The Labute approximate surface area is 99.7 Å². The van der Waals surface area contributed by atoms with Gasteiger partial charge in [0, 0.05) is 11.6 Å². The Morgan fingerprint density at radius 2 is 1.88 bits per heavy atom. The highest BCUT2D eigenvalue weighted by Crippen LogP contribution is 2.30. The van der Waals surface area contributed by atoms with E-state index in [1.807, 2.05) is 5.38 Å². The van der Waals surface area contributed by atoms with E-state index in [2.05, 4.69) is 4.98 Å². The molecular formula is C11H8F3NOS. The maximum atomic E-state index is 12.3. The maximum Gasteiger partial charge on any atom is 0.416 e. The standard InChI is InChI=1S/C11H8F3NOS/c12-11(13,14)8-1-3-9(4-2-8)16-7-10-15-5-6-17-10/h1-6H,7H2. The van der Waals surface area contributed by atoms with Gasteiger partial charge in [-0.2, -0.15) is 13.2 Å². The van der Waals surface area contributed by atoms with Crippen molar-refractivity contribution in [3.63, 3.8) is 0 Å². The van der Waals surface area contributed by atoms with Crippen LogP contribution in [0.1, 0.15) is 10.6 Å². The Balaban J connectivity index is 1.99. The first-order chi connectivity index (χ1) is 8.05. The largest absolute Gasteiger partial charge is 0.486 e. The summed E-state index contributed by atoms with van der Waals surface area (Å²) in [6.45, 7) is 0.267. The monoisotopic (exact) mass is 259 g/mol. The van der Waals surface area contributed by atoms with Crippen LogP contribution in [-0.2, 0) is 12.8 Å². The first kappa shape index (κ1) is 11.9. The SMILES string of the molecule is FC(F)(F)c1ccc(OCc2nccs2)cc1. The molecule has 0 radical (unpaired) electrons. The summed E-state index contributed by atoms with van der Waals surface area (Å²) in [6, 6.07) is 4.60. The molecule has 0 saturated heterocycles. The van der Waals surface area contributed by atoms with Crippen molar-refractivity contribution in [1.29, 1.82) is 0 Å². The Bertz CT molecular complexity index is 464. The van der Waals surface area contributed by atoms with E-state index in [-0.39, 0.29) is 6.61 Å². The lowest BCUT2D eigenvalue weighted by Gasteiger charge is -2.08. The van der Waals surface area contributed by atoms with Gasteiger partial charge in [-0.25, -0.2) is 4.98 Å². The van der Waals surface area contributed by atoms with E-state index in [1.54, 1.807) is 6.20 Å². The zero-order chi connectivity index (χ0) is 12.3. The van der Waals surface area contributed by atoms with Crippen LogP contribution >= 0.6 is 11.3 Å². The summed E-state index contributed by atoms with van der Waals surface area (Å²) >= 11 is 1.43. The quantitative estimate of drug-likeness (QED) is 0.837. The topological polar surface area (TPSA) is 22.1 Å². The lowest BCUT2D eigenvalue weighted by Crippen LogP contribution is -2.04. The smallest absolute Gasteiger partial charge is 0.416 e. The van der Waals surface area contributed by atoms with Crippen LogP contribution in [0.15, 0.2) is 35.8 Å². The van der Waals surface area contributed by atoms with Gasteiger partial charge in [-0.1, -0.05) is 0 Å². The first-order valence-corrected chi connectivity index (χ1v) is 5.62. The molecule has 6 heteroatoms. The van der Waals surface area contributed by atoms with Crippen molar-refractivity contribution in [2.75, 3.05) is 0 Å². The van der Waals surface area contributed by atoms with Crippen LogP contribution in [0.25, 0.3) is 0 Å². The van der Waals surface area contributed by atoms with Gasteiger partial charge in [0.2, 0.25) is 0 Å². The molecule has 1 heterocycles. The summed E-state index contributed by atoms with van der Waals surface area (Å²) in [5.41, 5.74) is -0.681. The summed E-state index contributed by atoms with van der Waals surface area (Å²) < 4.78 is 42.1. The number of ether oxygens (including phenoxy) is 1. The number of hydrogen-bond acceptors (Lipinski definition) is 3. The highest BCUT2D eigenvalue weighted by Gasteiger charge is 2.29. The van der Waals surface area contributed by atoms with Gasteiger partial charge in [0.25, 0.3) is 0 Å². The average Bonchev–Trinajstić information content (AvgIpc) is 2.78. The van der Waals surface area contributed by atoms with Crippen LogP contribution < -0.4 is 4.74 Å². The molecule has 1 aromatic carbocycles. The molecule has 0 atom stereocenters. The minimum Gasteiger partial charge on any atom is -0.486 e. The lowest BCUT2D eigenvalue weighted by atomic mass is 10.2. The van der Waals surface area contributed by atoms with Gasteiger partial charge in [0.1, 0.15) is 17.4 Å². The third kappa shape index (κ3) is 3.20. The minimum absolute atomic E-state index is 0.267. The second kappa shape index (κ2) is 4.75. The molecule has 0 unspecified atom stereocenters.